The van der Waals surface area contributed by atoms with Crippen LogP contribution in [0.3, 0.4) is 0 Å². The molecule has 0 radical (unpaired) electrons. The number of hydrogen-bond donors (Lipinski definition) is 1. The summed E-state index contributed by atoms with van der Waals surface area (Å²) in [5.41, 5.74) is 2.37. The predicted molar refractivity (Wildman–Crippen MR) is 140 cm³/mol. The van der Waals surface area contributed by atoms with E-state index in [1.54, 1.807) is 55.6 Å². The molecule has 1 unspecified atom stereocenters. The molecule has 0 aliphatic rings. The number of amides is 1. The molecule has 0 spiro atoms. The van der Waals surface area contributed by atoms with Gasteiger partial charge in [-0.3, -0.25) is 9.10 Å². The summed E-state index contributed by atoms with van der Waals surface area (Å²) in [5.74, 6) is 0.232. The summed E-state index contributed by atoms with van der Waals surface area (Å²) in [7, 11) is -2.42. The highest BCUT2D eigenvalue weighted by molar-refractivity contribution is 7.92. The Morgan fingerprint density at radius 2 is 1.57 bits per heavy atom. The fourth-order valence-corrected chi connectivity index (χ4v) is 5.60. The average molecular weight is 495 g/mol. The predicted octanol–water partition coefficient (Wildman–Crippen LogP) is 5.07. The van der Waals surface area contributed by atoms with E-state index in [2.05, 4.69) is 31.3 Å². The van der Waals surface area contributed by atoms with Gasteiger partial charge in [0, 0.05) is 6.04 Å². The Morgan fingerprint density at radius 1 is 0.971 bits per heavy atom. The Balaban J connectivity index is 1.81. The molecule has 0 aliphatic carbocycles. The summed E-state index contributed by atoms with van der Waals surface area (Å²) < 4.78 is 33.4. The normalized spacial score (nSPS) is 12.6. The minimum atomic E-state index is -3.97. The molecule has 3 aromatic rings. The number of carbonyl (C=O) groups is 1. The van der Waals surface area contributed by atoms with E-state index in [-0.39, 0.29) is 28.8 Å². The molecule has 0 heterocycles. The van der Waals surface area contributed by atoms with Crippen LogP contribution in [0.2, 0.25) is 0 Å². The Bertz CT molecular complexity index is 1220. The van der Waals surface area contributed by atoms with Gasteiger partial charge >= 0.3 is 0 Å². The zero-order valence-electron chi connectivity index (χ0n) is 21.0. The van der Waals surface area contributed by atoms with Crippen molar-refractivity contribution in [3.05, 3.63) is 90.0 Å². The molecule has 6 nitrogen and oxygen atoms in total. The van der Waals surface area contributed by atoms with E-state index in [0.717, 1.165) is 9.87 Å². The lowest BCUT2D eigenvalue weighted by Crippen LogP contribution is -2.45. The van der Waals surface area contributed by atoms with E-state index >= 15 is 0 Å². The van der Waals surface area contributed by atoms with Crippen LogP contribution in [0.1, 0.15) is 38.3 Å². The second-order valence-electron chi connectivity index (χ2n) is 9.45. The van der Waals surface area contributed by atoms with Crippen molar-refractivity contribution in [3.8, 4) is 5.75 Å². The molecular formula is C28H34N2O4S. The van der Waals surface area contributed by atoms with E-state index in [4.69, 9.17) is 4.74 Å². The lowest BCUT2D eigenvalue weighted by molar-refractivity contribution is -0.120. The molecule has 1 atom stereocenters. The van der Waals surface area contributed by atoms with Crippen LogP contribution in [0.15, 0.2) is 83.8 Å². The molecule has 7 heteroatoms. The fraction of sp³-hybridized carbons (Fsp3) is 0.321. The first kappa shape index (κ1) is 26.3. The number of rotatable bonds is 10. The molecule has 3 aromatic carbocycles. The monoisotopic (exact) mass is 494 g/mol. The molecule has 0 saturated heterocycles. The number of aryl methyl sites for hydroxylation is 1. The van der Waals surface area contributed by atoms with Gasteiger partial charge in [0.25, 0.3) is 10.0 Å². The van der Waals surface area contributed by atoms with Gasteiger partial charge < -0.3 is 10.1 Å². The molecule has 0 fully saturated rings. The third-order valence-electron chi connectivity index (χ3n) is 6.04. The van der Waals surface area contributed by atoms with Gasteiger partial charge in [0.2, 0.25) is 5.91 Å². The molecule has 0 bridgehead atoms. The lowest BCUT2D eigenvalue weighted by atomic mass is 9.79. The van der Waals surface area contributed by atoms with E-state index in [9.17, 15) is 13.2 Å². The molecule has 186 valence electrons. The molecule has 3 rings (SSSR count). The van der Waals surface area contributed by atoms with E-state index in [0.29, 0.717) is 17.9 Å². The van der Waals surface area contributed by atoms with Gasteiger partial charge in [-0.2, -0.15) is 0 Å². The van der Waals surface area contributed by atoms with Crippen LogP contribution in [0.25, 0.3) is 0 Å². The maximum absolute atomic E-state index is 13.5. The van der Waals surface area contributed by atoms with Crippen molar-refractivity contribution < 1.29 is 17.9 Å². The number of nitrogens with one attached hydrogen (secondary N) is 1. The summed E-state index contributed by atoms with van der Waals surface area (Å²) in [6, 6.07) is 23.2. The number of sulfonamides is 1. The zero-order valence-corrected chi connectivity index (χ0v) is 21.8. The lowest BCUT2D eigenvalue weighted by Gasteiger charge is -2.30. The number of methoxy groups -OCH3 is 1. The maximum Gasteiger partial charge on any atom is 0.264 e. The minimum absolute atomic E-state index is 0.130. The van der Waals surface area contributed by atoms with Crippen LogP contribution < -0.4 is 14.4 Å². The van der Waals surface area contributed by atoms with Crippen LogP contribution >= 0.6 is 0 Å². The zero-order chi connectivity index (χ0) is 25.6. The molecular weight excluding hydrogens is 460 g/mol. The van der Waals surface area contributed by atoms with Crippen LogP contribution in [0.5, 0.6) is 5.75 Å². The van der Waals surface area contributed by atoms with Crippen LogP contribution in [0.4, 0.5) is 5.69 Å². The van der Waals surface area contributed by atoms with E-state index in [1.165, 1.54) is 5.56 Å². The SMILES string of the molecule is COc1ccc(N(CC(=O)NC(C)CC(C)(C)c2ccccc2)S(=O)(=O)c2ccc(C)cc2)cc1. The molecule has 35 heavy (non-hydrogen) atoms. The standard InChI is InChI=1S/C28H34N2O4S/c1-21-11-17-26(18-12-21)35(32,33)30(24-13-15-25(34-5)16-14-24)20-27(31)29-22(2)19-28(3,4)23-9-7-6-8-10-23/h6-18,22H,19-20H2,1-5H3,(H,29,31). The summed E-state index contributed by atoms with van der Waals surface area (Å²) >= 11 is 0. The molecule has 0 saturated carbocycles. The van der Waals surface area contributed by atoms with Crippen LogP contribution in [0, 0.1) is 6.92 Å². The van der Waals surface area contributed by atoms with Gasteiger partial charge in [-0.15, -0.1) is 0 Å². The number of ether oxygens (including phenoxy) is 1. The van der Waals surface area contributed by atoms with Crippen molar-refractivity contribution in [3.63, 3.8) is 0 Å². The number of benzene rings is 3. The minimum Gasteiger partial charge on any atom is -0.497 e. The first-order valence-corrected chi connectivity index (χ1v) is 13.1. The summed E-state index contributed by atoms with van der Waals surface area (Å²) in [6.45, 7) is 7.77. The van der Waals surface area contributed by atoms with Gasteiger partial charge in [-0.05, 0) is 67.6 Å². The van der Waals surface area contributed by atoms with Crippen molar-refractivity contribution in [2.24, 2.45) is 0 Å². The fourth-order valence-electron chi connectivity index (χ4n) is 4.18. The smallest absolute Gasteiger partial charge is 0.264 e. The van der Waals surface area contributed by atoms with Crippen molar-refractivity contribution in [1.82, 2.24) is 5.32 Å². The summed E-state index contributed by atoms with van der Waals surface area (Å²) in [5, 5.41) is 2.99. The first-order chi connectivity index (χ1) is 16.5. The van der Waals surface area contributed by atoms with E-state index < -0.39 is 10.0 Å². The second-order valence-corrected chi connectivity index (χ2v) is 11.3. The highest BCUT2D eigenvalue weighted by atomic mass is 32.2. The summed E-state index contributed by atoms with van der Waals surface area (Å²) in [6.07, 6.45) is 0.704. The van der Waals surface area contributed by atoms with Crippen molar-refractivity contribution in [2.75, 3.05) is 18.0 Å². The third-order valence-corrected chi connectivity index (χ3v) is 7.82. The topological polar surface area (TPSA) is 75.7 Å². The average Bonchev–Trinajstić information content (AvgIpc) is 2.83. The van der Waals surface area contributed by atoms with Crippen LogP contribution in [-0.4, -0.2) is 34.0 Å². The number of nitrogens with zero attached hydrogens (tertiary/aromatic N) is 1. The summed E-state index contributed by atoms with van der Waals surface area (Å²) in [4.78, 5) is 13.2. The number of carbonyl (C=O) groups excluding carboxylic acids is 1. The van der Waals surface area contributed by atoms with Gasteiger partial charge in [0.15, 0.2) is 0 Å². The van der Waals surface area contributed by atoms with Crippen molar-refractivity contribution in [2.45, 2.75) is 50.5 Å². The van der Waals surface area contributed by atoms with Crippen LogP contribution in [-0.2, 0) is 20.2 Å². The molecule has 0 aromatic heterocycles. The van der Waals surface area contributed by atoms with Gasteiger partial charge in [-0.25, -0.2) is 8.42 Å². The van der Waals surface area contributed by atoms with Gasteiger partial charge in [0.05, 0.1) is 17.7 Å². The van der Waals surface area contributed by atoms with E-state index in [1.807, 2.05) is 32.0 Å². The highest BCUT2D eigenvalue weighted by Gasteiger charge is 2.29. The second kappa shape index (κ2) is 11.0. The highest BCUT2D eigenvalue weighted by Crippen LogP contribution is 2.29. The largest absolute Gasteiger partial charge is 0.497 e. The third kappa shape index (κ3) is 6.63. The first-order valence-electron chi connectivity index (χ1n) is 11.6. The number of anilines is 1. The van der Waals surface area contributed by atoms with Crippen molar-refractivity contribution in [1.29, 1.82) is 0 Å². The molecule has 1 amide bonds. The quantitative estimate of drug-likeness (QED) is 0.427. The van der Waals surface area contributed by atoms with Gasteiger partial charge in [0.1, 0.15) is 12.3 Å². The molecule has 0 aliphatic heterocycles. The Hall–Kier alpha value is -3.32. The Kier molecular flexibility index (Phi) is 8.22. The Labute approximate surface area is 209 Å². The van der Waals surface area contributed by atoms with Gasteiger partial charge in [-0.1, -0.05) is 61.9 Å². The number of hydrogen-bond acceptors (Lipinski definition) is 4. The van der Waals surface area contributed by atoms with Crippen molar-refractivity contribution >= 4 is 21.6 Å². The molecule has 1 N–H and O–H groups in total. The Morgan fingerprint density at radius 3 is 2.14 bits per heavy atom. The maximum atomic E-state index is 13.5.